The van der Waals surface area contributed by atoms with Crippen LogP contribution in [0.25, 0.3) is 0 Å². The number of amides is 2. The molecule has 28 heavy (non-hydrogen) atoms. The largest absolute Gasteiger partial charge is 0.353 e. The van der Waals surface area contributed by atoms with Gasteiger partial charge in [0.2, 0.25) is 5.91 Å². The van der Waals surface area contributed by atoms with E-state index < -0.39 is 0 Å². The summed E-state index contributed by atoms with van der Waals surface area (Å²) in [4.78, 5) is 31.5. The van der Waals surface area contributed by atoms with Crippen molar-refractivity contribution in [3.63, 3.8) is 0 Å². The Morgan fingerprint density at radius 3 is 2.86 bits per heavy atom. The Labute approximate surface area is 164 Å². The minimum atomic E-state index is -0.199. The van der Waals surface area contributed by atoms with E-state index in [2.05, 4.69) is 16.4 Å². The van der Waals surface area contributed by atoms with E-state index in [0.29, 0.717) is 30.3 Å². The number of benzene rings is 1. The van der Waals surface area contributed by atoms with Gasteiger partial charge in [-0.05, 0) is 44.4 Å². The number of nitrogens with zero attached hydrogens (tertiary/aromatic N) is 4. The summed E-state index contributed by atoms with van der Waals surface area (Å²) in [6, 6.07) is 8.95. The average molecular weight is 377 g/mol. The van der Waals surface area contributed by atoms with E-state index >= 15 is 0 Å². The first-order valence-corrected chi connectivity index (χ1v) is 9.71. The Kier molecular flexibility index (Phi) is 4.86. The molecular formula is C21H23N5O2. The van der Waals surface area contributed by atoms with Crippen molar-refractivity contribution >= 4 is 11.8 Å². The van der Waals surface area contributed by atoms with Crippen molar-refractivity contribution in [1.29, 1.82) is 5.26 Å². The molecule has 0 bridgehead atoms. The first kappa shape index (κ1) is 18.2. The molecule has 1 fully saturated rings. The molecule has 2 aliphatic rings. The Bertz CT molecular complexity index is 954. The van der Waals surface area contributed by atoms with Gasteiger partial charge in [0.1, 0.15) is 5.82 Å². The molecule has 7 nitrogen and oxygen atoms in total. The molecule has 1 aromatic heterocycles. The number of nitrogens with one attached hydrogen (secondary N) is 1. The summed E-state index contributed by atoms with van der Waals surface area (Å²) >= 11 is 0. The second-order valence-corrected chi connectivity index (χ2v) is 7.52. The van der Waals surface area contributed by atoms with Gasteiger partial charge in [0, 0.05) is 30.9 Å². The van der Waals surface area contributed by atoms with E-state index in [1.54, 1.807) is 29.2 Å². The molecule has 0 saturated heterocycles. The number of nitriles is 1. The van der Waals surface area contributed by atoms with Crippen LogP contribution in [-0.4, -0.2) is 38.9 Å². The van der Waals surface area contributed by atoms with Crippen molar-refractivity contribution in [1.82, 2.24) is 19.8 Å². The van der Waals surface area contributed by atoms with Crippen LogP contribution in [0.1, 0.15) is 59.7 Å². The van der Waals surface area contributed by atoms with Crippen molar-refractivity contribution in [2.24, 2.45) is 0 Å². The maximum absolute atomic E-state index is 12.9. The van der Waals surface area contributed by atoms with Crippen LogP contribution >= 0.6 is 0 Å². The Morgan fingerprint density at radius 2 is 2.14 bits per heavy atom. The van der Waals surface area contributed by atoms with Crippen molar-refractivity contribution in [3.8, 4) is 6.07 Å². The first-order valence-electron chi connectivity index (χ1n) is 9.71. The van der Waals surface area contributed by atoms with Crippen molar-refractivity contribution in [2.45, 2.75) is 51.2 Å². The molecule has 2 heterocycles. The van der Waals surface area contributed by atoms with Crippen molar-refractivity contribution < 1.29 is 9.59 Å². The van der Waals surface area contributed by atoms with Crippen LogP contribution in [0.2, 0.25) is 0 Å². The molecule has 2 aromatic rings. The lowest BCUT2D eigenvalue weighted by atomic mass is 9.93. The van der Waals surface area contributed by atoms with Crippen molar-refractivity contribution in [3.05, 3.63) is 53.1 Å². The highest BCUT2D eigenvalue weighted by atomic mass is 16.2. The molecule has 0 unspecified atom stereocenters. The molecular weight excluding hydrogens is 354 g/mol. The molecule has 1 atom stereocenters. The van der Waals surface area contributed by atoms with Crippen LogP contribution in [0.3, 0.4) is 0 Å². The number of imidazole rings is 1. The van der Waals surface area contributed by atoms with E-state index in [-0.39, 0.29) is 24.3 Å². The highest BCUT2D eigenvalue weighted by Crippen LogP contribution is 2.27. The highest BCUT2D eigenvalue weighted by Gasteiger charge is 2.30. The van der Waals surface area contributed by atoms with Gasteiger partial charge in [0.25, 0.3) is 5.91 Å². The fourth-order valence-electron chi connectivity index (χ4n) is 3.79. The molecule has 1 aromatic carbocycles. The van der Waals surface area contributed by atoms with Crippen LogP contribution < -0.4 is 5.32 Å². The summed E-state index contributed by atoms with van der Waals surface area (Å²) < 4.78 is 2.03. The van der Waals surface area contributed by atoms with Crippen LogP contribution in [0.15, 0.2) is 30.5 Å². The van der Waals surface area contributed by atoms with Gasteiger partial charge < -0.3 is 14.8 Å². The zero-order valence-electron chi connectivity index (χ0n) is 15.9. The summed E-state index contributed by atoms with van der Waals surface area (Å²) in [6.45, 7) is 3.15. The lowest BCUT2D eigenvalue weighted by molar-refractivity contribution is -0.121. The van der Waals surface area contributed by atoms with Gasteiger partial charge >= 0.3 is 0 Å². The van der Waals surface area contributed by atoms with E-state index in [1.807, 2.05) is 17.7 Å². The lowest BCUT2D eigenvalue weighted by Crippen LogP contribution is -2.41. The molecule has 2 amide bonds. The van der Waals surface area contributed by atoms with Gasteiger partial charge in [-0.25, -0.2) is 4.98 Å². The third kappa shape index (κ3) is 3.50. The van der Waals surface area contributed by atoms with Crippen LogP contribution in [0.5, 0.6) is 0 Å². The molecule has 0 spiro atoms. The number of rotatable bonds is 4. The monoisotopic (exact) mass is 377 g/mol. The first-order chi connectivity index (χ1) is 13.5. The number of carbonyl (C=O) groups excluding carboxylic acids is 2. The zero-order chi connectivity index (χ0) is 19.7. The van der Waals surface area contributed by atoms with Crippen LogP contribution in [0.4, 0.5) is 0 Å². The van der Waals surface area contributed by atoms with E-state index in [9.17, 15) is 9.59 Å². The van der Waals surface area contributed by atoms with Crippen molar-refractivity contribution in [2.75, 3.05) is 6.54 Å². The number of aromatic nitrogens is 2. The van der Waals surface area contributed by atoms with Gasteiger partial charge in [0.05, 0.1) is 29.8 Å². The SMILES string of the molecule is C[C@@H]1c2nc(CC(=O)NC3CCC3)cn2CCN1C(=O)c1cccc(C#N)c1. The summed E-state index contributed by atoms with van der Waals surface area (Å²) in [5.74, 6) is 0.694. The minimum absolute atomic E-state index is 0.00838. The van der Waals surface area contributed by atoms with Gasteiger partial charge in [-0.2, -0.15) is 5.26 Å². The molecule has 1 aliphatic carbocycles. The van der Waals surface area contributed by atoms with E-state index in [0.717, 1.165) is 24.4 Å². The van der Waals surface area contributed by atoms with Gasteiger partial charge in [-0.15, -0.1) is 0 Å². The van der Waals surface area contributed by atoms with Gasteiger partial charge in [-0.1, -0.05) is 6.07 Å². The van der Waals surface area contributed by atoms with Crippen LogP contribution in [-0.2, 0) is 17.8 Å². The minimum Gasteiger partial charge on any atom is -0.353 e. The summed E-state index contributed by atoms with van der Waals surface area (Å²) in [5.41, 5.74) is 1.71. The Morgan fingerprint density at radius 1 is 1.32 bits per heavy atom. The molecule has 1 N–H and O–H groups in total. The third-order valence-corrected chi connectivity index (χ3v) is 5.59. The molecule has 1 saturated carbocycles. The number of hydrogen-bond acceptors (Lipinski definition) is 4. The predicted molar refractivity (Wildman–Crippen MR) is 102 cm³/mol. The predicted octanol–water partition coefficient (Wildman–Crippen LogP) is 2.18. The van der Waals surface area contributed by atoms with Crippen LogP contribution in [0, 0.1) is 11.3 Å². The second kappa shape index (κ2) is 7.47. The second-order valence-electron chi connectivity index (χ2n) is 7.52. The quantitative estimate of drug-likeness (QED) is 0.884. The molecule has 7 heteroatoms. The maximum Gasteiger partial charge on any atom is 0.254 e. The molecule has 0 radical (unpaired) electrons. The number of carbonyl (C=O) groups is 2. The van der Waals surface area contributed by atoms with Gasteiger partial charge in [-0.3, -0.25) is 9.59 Å². The van der Waals surface area contributed by atoms with Gasteiger partial charge in [0.15, 0.2) is 0 Å². The summed E-state index contributed by atoms with van der Waals surface area (Å²) in [6.07, 6.45) is 5.49. The summed E-state index contributed by atoms with van der Waals surface area (Å²) in [5, 5.41) is 12.1. The fraction of sp³-hybridized carbons (Fsp3) is 0.429. The van der Waals surface area contributed by atoms with E-state index in [1.165, 1.54) is 6.42 Å². The smallest absolute Gasteiger partial charge is 0.254 e. The average Bonchev–Trinajstić information content (AvgIpc) is 3.08. The molecule has 4 rings (SSSR count). The summed E-state index contributed by atoms with van der Waals surface area (Å²) in [7, 11) is 0. The van der Waals surface area contributed by atoms with E-state index in [4.69, 9.17) is 5.26 Å². The Balaban J connectivity index is 1.47. The third-order valence-electron chi connectivity index (χ3n) is 5.59. The fourth-order valence-corrected chi connectivity index (χ4v) is 3.79. The lowest BCUT2D eigenvalue weighted by Gasteiger charge is -2.33. The Hall–Kier alpha value is -3.14. The zero-order valence-corrected chi connectivity index (χ0v) is 15.9. The molecule has 144 valence electrons. The molecule has 1 aliphatic heterocycles. The normalized spacial score (nSPS) is 18.7. The topological polar surface area (TPSA) is 91.0 Å². The number of fused-ring (bicyclic) bond motifs is 1. The standard InChI is InChI=1S/C21H23N5O2/c1-14-20-24-18(11-19(27)23-17-6-3-7-17)13-25(20)8-9-26(14)21(28)16-5-2-4-15(10-16)12-22/h2,4-5,10,13-14,17H,3,6-9,11H2,1H3,(H,23,27)/t14-/m1/s1. The number of hydrogen-bond donors (Lipinski definition) is 1. The maximum atomic E-state index is 12.9. The highest BCUT2D eigenvalue weighted by molar-refractivity contribution is 5.94.